The number of anilines is 1. The zero-order valence-electron chi connectivity index (χ0n) is 12.2. The average molecular weight is 313 g/mol. The van der Waals surface area contributed by atoms with Gasteiger partial charge in [-0.05, 0) is 31.2 Å². The third-order valence-electron chi connectivity index (χ3n) is 3.61. The molecule has 1 heterocycles. The fraction of sp³-hybridized carbons (Fsp3) is 0.429. The van der Waals surface area contributed by atoms with Crippen molar-refractivity contribution in [1.82, 2.24) is 10.2 Å². The summed E-state index contributed by atoms with van der Waals surface area (Å²) in [6, 6.07) is 6.95. The van der Waals surface area contributed by atoms with Crippen LogP contribution >= 0.6 is 12.4 Å². The second-order valence-corrected chi connectivity index (χ2v) is 4.93. The van der Waals surface area contributed by atoms with Crippen LogP contribution < -0.4 is 16.0 Å². The number of nitrogens with one attached hydrogen (secondary N) is 1. The van der Waals surface area contributed by atoms with Gasteiger partial charge in [-0.2, -0.15) is 0 Å². The van der Waals surface area contributed by atoms with E-state index in [1.807, 2.05) is 6.92 Å². The van der Waals surface area contributed by atoms with Crippen molar-refractivity contribution < 1.29 is 9.59 Å². The van der Waals surface area contributed by atoms with Gasteiger partial charge in [-0.25, -0.2) is 4.79 Å². The van der Waals surface area contributed by atoms with Crippen LogP contribution in [0.1, 0.15) is 17.3 Å². The first-order chi connectivity index (χ1) is 9.54. The van der Waals surface area contributed by atoms with Gasteiger partial charge in [-0.15, -0.1) is 12.4 Å². The highest BCUT2D eigenvalue weighted by Crippen LogP contribution is 2.18. The number of halogens is 1. The van der Waals surface area contributed by atoms with E-state index in [0.717, 1.165) is 5.69 Å². The molecule has 0 aliphatic carbocycles. The minimum atomic E-state index is -0.0991. The fourth-order valence-corrected chi connectivity index (χ4v) is 2.06. The van der Waals surface area contributed by atoms with Crippen molar-refractivity contribution in [2.45, 2.75) is 13.0 Å². The van der Waals surface area contributed by atoms with Crippen LogP contribution in [0.3, 0.4) is 0 Å². The smallest absolute Gasteiger partial charge is 0.321 e. The number of rotatable bonds is 4. The van der Waals surface area contributed by atoms with Crippen LogP contribution in [0.15, 0.2) is 24.3 Å². The Kier molecular flexibility index (Phi) is 5.99. The van der Waals surface area contributed by atoms with Gasteiger partial charge >= 0.3 is 6.03 Å². The van der Waals surface area contributed by atoms with E-state index in [2.05, 4.69) is 5.32 Å². The van der Waals surface area contributed by atoms with E-state index in [-0.39, 0.29) is 30.4 Å². The monoisotopic (exact) mass is 312 g/mol. The van der Waals surface area contributed by atoms with Crippen LogP contribution in [-0.2, 0) is 0 Å². The van der Waals surface area contributed by atoms with Crippen molar-refractivity contribution in [3.8, 4) is 0 Å². The highest BCUT2D eigenvalue weighted by Gasteiger charge is 2.22. The number of amides is 3. The zero-order valence-corrected chi connectivity index (χ0v) is 13.0. The quantitative estimate of drug-likeness (QED) is 0.872. The van der Waals surface area contributed by atoms with Gasteiger partial charge in [0.15, 0.2) is 0 Å². The van der Waals surface area contributed by atoms with Crippen molar-refractivity contribution >= 4 is 30.0 Å². The minimum Gasteiger partial charge on any atom is -0.338 e. The summed E-state index contributed by atoms with van der Waals surface area (Å²) in [5.41, 5.74) is 6.96. The molecule has 1 unspecified atom stereocenters. The molecule has 116 valence electrons. The van der Waals surface area contributed by atoms with Crippen molar-refractivity contribution in [3.05, 3.63) is 29.8 Å². The lowest BCUT2D eigenvalue weighted by Crippen LogP contribution is -2.39. The largest absolute Gasteiger partial charge is 0.338 e. The summed E-state index contributed by atoms with van der Waals surface area (Å²) in [5, 5.41) is 2.74. The molecule has 1 aliphatic heterocycles. The van der Waals surface area contributed by atoms with Gasteiger partial charge in [0.25, 0.3) is 5.91 Å². The molecule has 0 saturated carbocycles. The summed E-state index contributed by atoms with van der Waals surface area (Å²) in [5.74, 6) is -0.0691. The van der Waals surface area contributed by atoms with Crippen LogP contribution in [-0.4, -0.2) is 49.6 Å². The molecular weight excluding hydrogens is 292 g/mol. The van der Waals surface area contributed by atoms with Gasteiger partial charge in [0, 0.05) is 44.0 Å². The number of nitrogens with two attached hydrogens (primary N) is 1. The number of benzene rings is 1. The Labute approximate surface area is 130 Å². The van der Waals surface area contributed by atoms with Gasteiger partial charge in [0.05, 0.1) is 0 Å². The van der Waals surface area contributed by atoms with Crippen molar-refractivity contribution in [1.29, 1.82) is 0 Å². The second kappa shape index (κ2) is 7.28. The van der Waals surface area contributed by atoms with Crippen molar-refractivity contribution in [2.24, 2.45) is 5.73 Å². The highest BCUT2D eigenvalue weighted by atomic mass is 35.5. The molecule has 0 radical (unpaired) electrons. The van der Waals surface area contributed by atoms with E-state index in [0.29, 0.717) is 25.2 Å². The number of nitrogens with zero attached hydrogens (tertiary/aromatic N) is 2. The molecule has 1 atom stereocenters. The maximum Gasteiger partial charge on any atom is 0.321 e. The lowest BCUT2D eigenvalue weighted by Gasteiger charge is -2.24. The van der Waals surface area contributed by atoms with Crippen molar-refractivity contribution in [3.63, 3.8) is 0 Å². The number of carbonyl (C=O) groups is 2. The highest BCUT2D eigenvalue weighted by molar-refractivity contribution is 5.97. The summed E-state index contributed by atoms with van der Waals surface area (Å²) >= 11 is 0. The molecule has 0 bridgehead atoms. The summed E-state index contributed by atoms with van der Waals surface area (Å²) in [4.78, 5) is 27.1. The van der Waals surface area contributed by atoms with E-state index in [1.165, 1.54) is 0 Å². The predicted octanol–water partition coefficient (Wildman–Crippen LogP) is 1.06. The number of hydrogen-bond acceptors (Lipinski definition) is 3. The van der Waals surface area contributed by atoms with E-state index in [4.69, 9.17) is 5.73 Å². The average Bonchev–Trinajstić information content (AvgIpc) is 2.91. The molecule has 7 heteroatoms. The Hall–Kier alpha value is -1.79. The van der Waals surface area contributed by atoms with Gasteiger partial charge in [-0.3, -0.25) is 9.69 Å². The standard InChI is InChI=1S/C14H20N4O2.ClH/c1-10(9-15)17(2)13(19)11-3-5-12(6-4-11)18-8-7-16-14(18)20;/h3-6,10H,7-9,15H2,1-2H3,(H,16,20);1H. The molecule has 6 nitrogen and oxygen atoms in total. The van der Waals surface area contributed by atoms with Crippen LogP contribution in [0, 0.1) is 0 Å². The van der Waals surface area contributed by atoms with Gasteiger partial charge in [-0.1, -0.05) is 0 Å². The normalized spacial score (nSPS) is 15.2. The molecule has 3 N–H and O–H groups in total. The molecule has 3 amide bonds. The maximum atomic E-state index is 12.2. The minimum absolute atomic E-state index is 0. The van der Waals surface area contributed by atoms with Crippen LogP contribution in [0.5, 0.6) is 0 Å². The summed E-state index contributed by atoms with van der Waals surface area (Å²) in [6.07, 6.45) is 0. The third-order valence-corrected chi connectivity index (χ3v) is 3.61. The number of likely N-dealkylation sites (N-methyl/N-ethyl adjacent to an activating group) is 1. The Morgan fingerprint density at radius 3 is 2.52 bits per heavy atom. The topological polar surface area (TPSA) is 78.7 Å². The molecule has 1 fully saturated rings. The Bertz CT molecular complexity index is 506. The summed E-state index contributed by atoms with van der Waals surface area (Å²) < 4.78 is 0. The lowest BCUT2D eigenvalue weighted by atomic mass is 10.1. The Morgan fingerprint density at radius 1 is 1.43 bits per heavy atom. The predicted molar refractivity (Wildman–Crippen MR) is 85.0 cm³/mol. The van der Waals surface area contributed by atoms with E-state index < -0.39 is 0 Å². The Balaban J connectivity index is 0.00000220. The van der Waals surface area contributed by atoms with Crippen LogP contribution in [0.4, 0.5) is 10.5 Å². The van der Waals surface area contributed by atoms with E-state index in [9.17, 15) is 9.59 Å². The third kappa shape index (κ3) is 3.65. The van der Waals surface area contributed by atoms with Gasteiger partial charge in [0.2, 0.25) is 0 Å². The van der Waals surface area contributed by atoms with Crippen LogP contribution in [0.25, 0.3) is 0 Å². The number of hydrogen-bond donors (Lipinski definition) is 2. The molecule has 0 spiro atoms. The zero-order chi connectivity index (χ0) is 14.7. The Morgan fingerprint density at radius 2 is 2.05 bits per heavy atom. The molecule has 1 saturated heterocycles. The second-order valence-electron chi connectivity index (χ2n) is 4.93. The molecule has 21 heavy (non-hydrogen) atoms. The van der Waals surface area contributed by atoms with E-state index in [1.54, 1.807) is 41.1 Å². The lowest BCUT2D eigenvalue weighted by molar-refractivity contribution is 0.0748. The van der Waals surface area contributed by atoms with Crippen LogP contribution in [0.2, 0.25) is 0 Å². The molecular formula is C14H21ClN4O2. The molecule has 1 aromatic rings. The van der Waals surface area contributed by atoms with Gasteiger partial charge < -0.3 is 16.0 Å². The molecule has 2 rings (SSSR count). The molecule has 0 aromatic heterocycles. The van der Waals surface area contributed by atoms with Crippen molar-refractivity contribution in [2.75, 3.05) is 31.6 Å². The molecule has 1 aromatic carbocycles. The summed E-state index contributed by atoms with van der Waals surface area (Å²) in [6.45, 7) is 3.63. The fourth-order valence-electron chi connectivity index (χ4n) is 2.06. The molecule has 1 aliphatic rings. The number of urea groups is 1. The summed E-state index contributed by atoms with van der Waals surface area (Å²) in [7, 11) is 1.74. The first kappa shape index (κ1) is 17.3. The van der Waals surface area contributed by atoms with E-state index >= 15 is 0 Å². The van der Waals surface area contributed by atoms with Gasteiger partial charge in [0.1, 0.15) is 0 Å². The first-order valence-corrected chi connectivity index (χ1v) is 6.67. The SMILES string of the molecule is CC(CN)N(C)C(=O)c1ccc(N2CCNC2=O)cc1.Cl. The number of carbonyl (C=O) groups excluding carboxylic acids is 2. The maximum absolute atomic E-state index is 12.2. The first-order valence-electron chi connectivity index (χ1n) is 6.67.